The average Bonchev–Trinajstić information content (AvgIpc) is 3.16. The number of benzene rings is 2. The highest BCUT2D eigenvalue weighted by Crippen LogP contribution is 2.33. The summed E-state index contributed by atoms with van der Waals surface area (Å²) in [6.07, 6.45) is 0.175. The number of ether oxygens (including phenoxy) is 1. The maximum Gasteiger partial charge on any atom is 0.311 e. The van der Waals surface area contributed by atoms with Crippen LogP contribution in [0.1, 0.15) is 4.88 Å². The van der Waals surface area contributed by atoms with Gasteiger partial charge >= 0.3 is 5.97 Å². The first-order valence-electron chi connectivity index (χ1n) is 8.10. The first-order valence-corrected chi connectivity index (χ1v) is 10.2. The van der Waals surface area contributed by atoms with E-state index in [0.717, 1.165) is 14.7 Å². The zero-order chi connectivity index (χ0) is 19.1. The normalized spacial score (nSPS) is 10.4. The Bertz CT molecular complexity index is 911. The fraction of sp³-hybridized carbons (Fsp3) is 0.100. The highest BCUT2D eigenvalue weighted by atomic mass is 35.5. The molecule has 0 fully saturated rings. The van der Waals surface area contributed by atoms with Gasteiger partial charge in [0.25, 0.3) is 5.91 Å². The molecule has 3 aromatic rings. The van der Waals surface area contributed by atoms with Crippen LogP contribution in [0.25, 0.3) is 0 Å². The van der Waals surface area contributed by atoms with Gasteiger partial charge in [-0.3, -0.25) is 9.59 Å². The van der Waals surface area contributed by atoms with E-state index in [2.05, 4.69) is 5.32 Å². The summed E-state index contributed by atoms with van der Waals surface area (Å²) in [4.78, 5) is 26.7. The molecule has 138 valence electrons. The fourth-order valence-corrected chi connectivity index (χ4v) is 3.95. The first kappa shape index (κ1) is 19.5. The average molecular weight is 418 g/mol. The van der Waals surface area contributed by atoms with E-state index in [1.54, 1.807) is 0 Å². The molecule has 7 heteroatoms. The van der Waals surface area contributed by atoms with E-state index in [1.165, 1.54) is 23.1 Å². The van der Waals surface area contributed by atoms with Gasteiger partial charge in [-0.2, -0.15) is 0 Å². The number of nitrogens with one attached hydrogen (secondary N) is 1. The summed E-state index contributed by atoms with van der Waals surface area (Å²) in [5, 5.41) is 5.36. The Morgan fingerprint density at radius 3 is 2.56 bits per heavy atom. The second kappa shape index (κ2) is 9.60. The van der Waals surface area contributed by atoms with E-state index in [-0.39, 0.29) is 18.9 Å². The van der Waals surface area contributed by atoms with Gasteiger partial charge in [-0.15, -0.1) is 11.3 Å². The number of esters is 1. The molecule has 0 aliphatic heterocycles. The van der Waals surface area contributed by atoms with Crippen molar-refractivity contribution in [2.45, 2.75) is 16.2 Å². The number of hydrogen-bond donors (Lipinski definition) is 1. The third-order valence-electron chi connectivity index (χ3n) is 3.47. The van der Waals surface area contributed by atoms with Gasteiger partial charge in [0.05, 0.1) is 12.1 Å². The van der Waals surface area contributed by atoms with Crippen LogP contribution in [0, 0.1) is 0 Å². The number of rotatable bonds is 7. The molecule has 0 atom stereocenters. The molecule has 1 amide bonds. The van der Waals surface area contributed by atoms with Crippen LogP contribution in [-0.4, -0.2) is 18.5 Å². The van der Waals surface area contributed by atoms with E-state index in [1.807, 2.05) is 66.0 Å². The molecular weight excluding hydrogens is 402 g/mol. The zero-order valence-electron chi connectivity index (χ0n) is 14.2. The van der Waals surface area contributed by atoms with Crippen LogP contribution >= 0.6 is 34.7 Å². The quantitative estimate of drug-likeness (QED) is 0.531. The number of amides is 1. The Kier molecular flexibility index (Phi) is 6.92. The molecule has 0 saturated heterocycles. The van der Waals surface area contributed by atoms with Gasteiger partial charge in [-0.05, 0) is 47.8 Å². The lowest BCUT2D eigenvalue weighted by Crippen LogP contribution is -2.21. The van der Waals surface area contributed by atoms with Crippen molar-refractivity contribution in [3.63, 3.8) is 0 Å². The van der Waals surface area contributed by atoms with Gasteiger partial charge in [-0.25, -0.2) is 0 Å². The standard InChI is InChI=1S/C20H16ClNO3S2/c21-14-7-9-15(10-8-14)27-18-6-2-1-5-17(18)22-19(23)13-25-20(24)12-16-4-3-11-26-16/h1-11H,12-13H2,(H,22,23). The van der Waals surface area contributed by atoms with E-state index in [0.29, 0.717) is 10.7 Å². The van der Waals surface area contributed by atoms with Gasteiger partial charge < -0.3 is 10.1 Å². The van der Waals surface area contributed by atoms with E-state index >= 15 is 0 Å². The lowest BCUT2D eigenvalue weighted by molar-refractivity contribution is -0.146. The Morgan fingerprint density at radius 2 is 1.81 bits per heavy atom. The van der Waals surface area contributed by atoms with Crippen LogP contribution in [0.4, 0.5) is 5.69 Å². The summed E-state index contributed by atoms with van der Waals surface area (Å²) in [6, 6.07) is 18.7. The number of thiophene rings is 1. The molecule has 0 saturated carbocycles. The Hall–Kier alpha value is -2.28. The summed E-state index contributed by atoms with van der Waals surface area (Å²) in [5.74, 6) is -0.796. The van der Waals surface area contributed by atoms with Crippen LogP contribution in [0.2, 0.25) is 5.02 Å². The number of carbonyl (C=O) groups is 2. The Balaban J connectivity index is 1.56. The highest BCUT2D eigenvalue weighted by molar-refractivity contribution is 7.99. The van der Waals surface area contributed by atoms with Crippen molar-refractivity contribution in [2.75, 3.05) is 11.9 Å². The smallest absolute Gasteiger partial charge is 0.311 e. The number of halogens is 1. The summed E-state index contributed by atoms with van der Waals surface area (Å²) in [6.45, 7) is -0.315. The third-order valence-corrected chi connectivity index (χ3v) is 5.68. The predicted molar refractivity (Wildman–Crippen MR) is 110 cm³/mol. The lowest BCUT2D eigenvalue weighted by Gasteiger charge is -2.11. The highest BCUT2D eigenvalue weighted by Gasteiger charge is 2.11. The second-order valence-corrected chi connectivity index (χ2v) is 8.10. The monoisotopic (exact) mass is 417 g/mol. The molecule has 0 unspecified atom stereocenters. The third kappa shape index (κ3) is 6.13. The molecular formula is C20H16ClNO3S2. The van der Waals surface area contributed by atoms with Gasteiger partial charge in [0.1, 0.15) is 0 Å². The minimum Gasteiger partial charge on any atom is -0.455 e. The molecule has 1 heterocycles. The van der Waals surface area contributed by atoms with Gasteiger partial charge in [0.2, 0.25) is 0 Å². The molecule has 27 heavy (non-hydrogen) atoms. The Labute approximate surface area is 170 Å². The van der Waals surface area contributed by atoms with E-state index in [4.69, 9.17) is 16.3 Å². The second-order valence-electron chi connectivity index (χ2n) is 5.52. The molecule has 2 aromatic carbocycles. The lowest BCUT2D eigenvalue weighted by atomic mass is 10.3. The number of anilines is 1. The largest absolute Gasteiger partial charge is 0.455 e. The maximum absolute atomic E-state index is 12.2. The van der Waals surface area contributed by atoms with E-state index < -0.39 is 5.97 Å². The fourth-order valence-electron chi connectivity index (χ4n) is 2.23. The zero-order valence-corrected chi connectivity index (χ0v) is 16.6. The molecule has 3 rings (SSSR count). The summed E-state index contributed by atoms with van der Waals surface area (Å²) >= 11 is 8.90. The van der Waals surface area contributed by atoms with Crippen LogP contribution in [0.5, 0.6) is 0 Å². The Morgan fingerprint density at radius 1 is 1.04 bits per heavy atom. The molecule has 1 N–H and O–H groups in total. The molecule has 0 aliphatic carbocycles. The van der Waals surface area contributed by atoms with Crippen molar-refractivity contribution < 1.29 is 14.3 Å². The molecule has 0 spiro atoms. The summed E-state index contributed by atoms with van der Waals surface area (Å²) < 4.78 is 5.05. The topological polar surface area (TPSA) is 55.4 Å². The number of carbonyl (C=O) groups excluding carboxylic acids is 2. The van der Waals surface area contributed by atoms with Crippen molar-refractivity contribution >= 4 is 52.3 Å². The van der Waals surface area contributed by atoms with Crippen molar-refractivity contribution in [3.05, 3.63) is 75.9 Å². The van der Waals surface area contributed by atoms with Crippen molar-refractivity contribution in [1.82, 2.24) is 0 Å². The maximum atomic E-state index is 12.2. The minimum absolute atomic E-state index is 0.175. The van der Waals surface area contributed by atoms with Crippen LogP contribution in [0.3, 0.4) is 0 Å². The van der Waals surface area contributed by atoms with Gasteiger partial charge in [-0.1, -0.05) is 41.6 Å². The molecule has 4 nitrogen and oxygen atoms in total. The number of hydrogen-bond acceptors (Lipinski definition) is 5. The molecule has 0 radical (unpaired) electrons. The van der Waals surface area contributed by atoms with Crippen LogP contribution < -0.4 is 5.32 Å². The first-order chi connectivity index (χ1) is 13.1. The minimum atomic E-state index is -0.420. The van der Waals surface area contributed by atoms with Gasteiger partial charge in [0.15, 0.2) is 6.61 Å². The number of para-hydroxylation sites is 1. The molecule has 0 aliphatic rings. The van der Waals surface area contributed by atoms with Crippen molar-refractivity contribution in [3.8, 4) is 0 Å². The van der Waals surface area contributed by atoms with Crippen molar-refractivity contribution in [1.29, 1.82) is 0 Å². The van der Waals surface area contributed by atoms with Crippen LogP contribution in [-0.2, 0) is 20.7 Å². The van der Waals surface area contributed by atoms with Crippen molar-refractivity contribution in [2.24, 2.45) is 0 Å². The SMILES string of the molecule is O=C(COC(=O)Cc1cccs1)Nc1ccccc1Sc1ccc(Cl)cc1. The van der Waals surface area contributed by atoms with E-state index in [9.17, 15) is 9.59 Å². The predicted octanol–water partition coefficient (Wildman–Crippen LogP) is 5.28. The van der Waals surface area contributed by atoms with Gasteiger partial charge in [0, 0.05) is 19.7 Å². The van der Waals surface area contributed by atoms with Crippen LogP contribution in [0.15, 0.2) is 75.8 Å². The molecule has 0 bridgehead atoms. The molecule has 1 aromatic heterocycles. The summed E-state index contributed by atoms with van der Waals surface area (Å²) in [7, 11) is 0. The summed E-state index contributed by atoms with van der Waals surface area (Å²) in [5.41, 5.74) is 0.664.